The molecule has 1 aliphatic heterocycles. The number of ether oxygens (including phenoxy) is 1. The second-order valence-electron chi connectivity index (χ2n) is 6.33. The highest BCUT2D eigenvalue weighted by atomic mass is 16.5. The van der Waals surface area contributed by atoms with Crippen LogP contribution in [0.25, 0.3) is 0 Å². The van der Waals surface area contributed by atoms with Crippen molar-refractivity contribution in [1.82, 2.24) is 25.2 Å². The number of amides is 1. The standard InChI is InChI=1S/C18H25N5O2/c1-22(11-12-25-14-15-5-3-2-4-6-15)18(24)17-13-23(21-20-17)16-7-9-19-10-8-16/h2-6,13,16,19H,7-12,14H2,1H3. The number of benzene rings is 1. The second-order valence-corrected chi connectivity index (χ2v) is 6.33. The number of carbonyl (C=O) groups is 1. The van der Waals surface area contributed by atoms with Crippen molar-refractivity contribution in [1.29, 1.82) is 0 Å². The minimum absolute atomic E-state index is 0.122. The van der Waals surface area contributed by atoms with Gasteiger partial charge >= 0.3 is 0 Å². The lowest BCUT2D eigenvalue weighted by Gasteiger charge is -2.22. The first-order valence-corrected chi connectivity index (χ1v) is 8.74. The van der Waals surface area contributed by atoms with Gasteiger partial charge in [0.2, 0.25) is 0 Å². The van der Waals surface area contributed by atoms with Crippen LogP contribution in [0.15, 0.2) is 36.5 Å². The highest BCUT2D eigenvalue weighted by Crippen LogP contribution is 2.17. The molecular formula is C18H25N5O2. The molecule has 1 fully saturated rings. The van der Waals surface area contributed by atoms with Gasteiger partial charge in [-0.05, 0) is 31.5 Å². The molecular weight excluding hydrogens is 318 g/mol. The van der Waals surface area contributed by atoms with Crippen LogP contribution < -0.4 is 5.32 Å². The van der Waals surface area contributed by atoms with Crippen LogP contribution in [0.2, 0.25) is 0 Å². The molecule has 1 saturated heterocycles. The minimum atomic E-state index is -0.122. The van der Waals surface area contributed by atoms with Gasteiger partial charge in [0, 0.05) is 13.6 Å². The number of aromatic nitrogens is 3. The van der Waals surface area contributed by atoms with Crippen molar-refractivity contribution in [3.63, 3.8) is 0 Å². The van der Waals surface area contributed by atoms with E-state index >= 15 is 0 Å². The molecule has 7 heteroatoms. The van der Waals surface area contributed by atoms with Gasteiger partial charge in [-0.1, -0.05) is 35.5 Å². The zero-order chi connectivity index (χ0) is 17.5. The number of likely N-dealkylation sites (N-methyl/N-ethyl adjacent to an activating group) is 1. The van der Waals surface area contributed by atoms with Crippen molar-refractivity contribution in [2.75, 3.05) is 33.3 Å². The van der Waals surface area contributed by atoms with E-state index in [4.69, 9.17) is 4.74 Å². The maximum absolute atomic E-state index is 12.4. The molecule has 0 aliphatic carbocycles. The molecule has 25 heavy (non-hydrogen) atoms. The number of hydrogen-bond acceptors (Lipinski definition) is 5. The third-order valence-corrected chi connectivity index (χ3v) is 4.44. The molecule has 1 aliphatic rings. The molecule has 1 aromatic carbocycles. The van der Waals surface area contributed by atoms with Crippen molar-refractivity contribution in [3.8, 4) is 0 Å². The van der Waals surface area contributed by atoms with Crippen molar-refractivity contribution >= 4 is 5.91 Å². The summed E-state index contributed by atoms with van der Waals surface area (Å²) in [6.07, 6.45) is 3.79. The largest absolute Gasteiger partial charge is 0.375 e. The van der Waals surface area contributed by atoms with Crippen LogP contribution in [0.3, 0.4) is 0 Å². The minimum Gasteiger partial charge on any atom is -0.375 e. The van der Waals surface area contributed by atoms with Gasteiger partial charge in [-0.2, -0.15) is 0 Å². The van der Waals surface area contributed by atoms with Gasteiger partial charge in [-0.3, -0.25) is 4.79 Å². The van der Waals surface area contributed by atoms with Gasteiger partial charge in [0.25, 0.3) is 5.91 Å². The predicted molar refractivity (Wildman–Crippen MR) is 94.2 cm³/mol. The van der Waals surface area contributed by atoms with E-state index in [1.165, 1.54) is 0 Å². The van der Waals surface area contributed by atoms with Crippen LogP contribution in [0.1, 0.15) is 34.9 Å². The summed E-state index contributed by atoms with van der Waals surface area (Å²) in [7, 11) is 1.76. The highest BCUT2D eigenvalue weighted by Gasteiger charge is 2.20. The van der Waals surface area contributed by atoms with Crippen LogP contribution in [0.5, 0.6) is 0 Å². The Morgan fingerprint density at radius 2 is 2.08 bits per heavy atom. The lowest BCUT2D eigenvalue weighted by atomic mass is 10.1. The Balaban J connectivity index is 1.44. The van der Waals surface area contributed by atoms with E-state index < -0.39 is 0 Å². The number of carbonyl (C=O) groups excluding carboxylic acids is 1. The summed E-state index contributed by atoms with van der Waals surface area (Å²) in [4.78, 5) is 14.1. The lowest BCUT2D eigenvalue weighted by Crippen LogP contribution is -2.30. The molecule has 1 aromatic heterocycles. The number of piperidine rings is 1. The number of nitrogens with one attached hydrogen (secondary N) is 1. The lowest BCUT2D eigenvalue weighted by molar-refractivity contribution is 0.0665. The van der Waals surface area contributed by atoms with Crippen LogP contribution in [-0.4, -0.2) is 59.1 Å². The summed E-state index contributed by atoms with van der Waals surface area (Å²) in [5.41, 5.74) is 1.52. The first-order valence-electron chi connectivity index (χ1n) is 8.74. The van der Waals surface area contributed by atoms with Gasteiger partial charge in [-0.15, -0.1) is 5.10 Å². The van der Waals surface area contributed by atoms with Crippen molar-refractivity contribution < 1.29 is 9.53 Å². The third kappa shape index (κ3) is 4.87. The van der Waals surface area contributed by atoms with Crippen molar-refractivity contribution in [2.24, 2.45) is 0 Å². The van der Waals surface area contributed by atoms with Crippen LogP contribution >= 0.6 is 0 Å². The number of nitrogens with zero attached hydrogens (tertiary/aromatic N) is 4. The Labute approximate surface area is 148 Å². The summed E-state index contributed by atoms with van der Waals surface area (Å²) in [6, 6.07) is 10.3. The smallest absolute Gasteiger partial charge is 0.275 e. The van der Waals surface area contributed by atoms with Crippen molar-refractivity contribution in [3.05, 3.63) is 47.8 Å². The topological polar surface area (TPSA) is 72.3 Å². The van der Waals surface area contributed by atoms with E-state index in [0.717, 1.165) is 31.5 Å². The number of hydrogen-bond donors (Lipinski definition) is 1. The second kappa shape index (κ2) is 8.73. The zero-order valence-electron chi connectivity index (χ0n) is 14.6. The van der Waals surface area contributed by atoms with Gasteiger partial charge in [0.05, 0.1) is 25.5 Å². The Kier molecular flexibility index (Phi) is 6.14. The molecule has 0 radical (unpaired) electrons. The molecule has 3 rings (SSSR count). The van der Waals surface area contributed by atoms with E-state index in [0.29, 0.717) is 31.5 Å². The van der Waals surface area contributed by atoms with E-state index in [2.05, 4.69) is 15.6 Å². The molecule has 134 valence electrons. The van der Waals surface area contributed by atoms with E-state index in [1.807, 2.05) is 35.0 Å². The molecule has 0 unspecified atom stereocenters. The van der Waals surface area contributed by atoms with Gasteiger partial charge < -0.3 is 15.0 Å². The van der Waals surface area contributed by atoms with Gasteiger partial charge in [0.1, 0.15) is 0 Å². The maximum Gasteiger partial charge on any atom is 0.275 e. The predicted octanol–water partition coefficient (Wildman–Crippen LogP) is 1.49. The quantitative estimate of drug-likeness (QED) is 0.771. The zero-order valence-corrected chi connectivity index (χ0v) is 14.6. The Morgan fingerprint density at radius 3 is 2.84 bits per heavy atom. The Morgan fingerprint density at radius 1 is 1.32 bits per heavy atom. The summed E-state index contributed by atoms with van der Waals surface area (Å²) >= 11 is 0. The number of rotatable bonds is 7. The summed E-state index contributed by atoms with van der Waals surface area (Å²) in [6.45, 7) is 3.51. The SMILES string of the molecule is CN(CCOCc1ccccc1)C(=O)c1cn(C2CCNCC2)nn1. The summed E-state index contributed by atoms with van der Waals surface area (Å²) in [5, 5.41) is 11.5. The first kappa shape index (κ1) is 17.6. The molecule has 0 spiro atoms. The first-order chi connectivity index (χ1) is 12.2. The molecule has 0 atom stereocenters. The van der Waals surface area contributed by atoms with Crippen LogP contribution in [0, 0.1) is 0 Å². The normalized spacial score (nSPS) is 15.2. The third-order valence-electron chi connectivity index (χ3n) is 4.44. The molecule has 0 bridgehead atoms. The van der Waals surface area contributed by atoms with E-state index in [1.54, 1.807) is 18.1 Å². The van der Waals surface area contributed by atoms with Gasteiger partial charge in [0.15, 0.2) is 5.69 Å². The maximum atomic E-state index is 12.4. The monoisotopic (exact) mass is 343 g/mol. The molecule has 7 nitrogen and oxygen atoms in total. The molecule has 1 amide bonds. The fourth-order valence-electron chi connectivity index (χ4n) is 2.89. The molecule has 1 N–H and O–H groups in total. The highest BCUT2D eigenvalue weighted by molar-refractivity contribution is 5.91. The Bertz CT molecular complexity index is 667. The van der Waals surface area contributed by atoms with Gasteiger partial charge in [-0.25, -0.2) is 4.68 Å². The summed E-state index contributed by atoms with van der Waals surface area (Å²) < 4.78 is 7.46. The van der Waals surface area contributed by atoms with Crippen LogP contribution in [0.4, 0.5) is 0 Å². The average Bonchev–Trinajstić information content (AvgIpc) is 3.16. The fourth-order valence-corrected chi connectivity index (χ4v) is 2.89. The fraction of sp³-hybridized carbons (Fsp3) is 0.500. The van der Waals surface area contributed by atoms with Crippen LogP contribution in [-0.2, 0) is 11.3 Å². The molecule has 0 saturated carbocycles. The van der Waals surface area contributed by atoms with Crippen molar-refractivity contribution in [2.45, 2.75) is 25.5 Å². The van der Waals surface area contributed by atoms with E-state index in [9.17, 15) is 4.79 Å². The molecule has 2 heterocycles. The molecule has 2 aromatic rings. The summed E-state index contributed by atoms with van der Waals surface area (Å²) in [5.74, 6) is -0.122. The Hall–Kier alpha value is -2.25. The average molecular weight is 343 g/mol. The van der Waals surface area contributed by atoms with E-state index in [-0.39, 0.29) is 5.91 Å².